The fourth-order valence-electron chi connectivity index (χ4n) is 3.10. The molecule has 0 saturated heterocycles. The fourth-order valence-corrected chi connectivity index (χ4v) is 4.92. The summed E-state index contributed by atoms with van der Waals surface area (Å²) in [5.41, 5.74) is 1.01. The maximum atomic E-state index is 13.2. The number of fused-ring (bicyclic) bond motifs is 1. The Kier molecular flexibility index (Phi) is 6.19. The average Bonchev–Trinajstić information content (AvgIpc) is 2.79. The third-order valence-electron chi connectivity index (χ3n) is 4.82. The van der Waals surface area contributed by atoms with Crippen LogP contribution in [0.2, 0.25) is 10.0 Å². The van der Waals surface area contributed by atoms with Crippen molar-refractivity contribution in [2.24, 2.45) is 0 Å². The SMILES string of the molecule is CN(c1ccc(Cl)cc1)S(=O)(=O)c1cc(C(=O)Nc2ccc3c(c2)OCCO3)ccc1Cl. The van der Waals surface area contributed by atoms with Gasteiger partial charge in [0.2, 0.25) is 0 Å². The highest BCUT2D eigenvalue weighted by Crippen LogP contribution is 2.33. The summed E-state index contributed by atoms with van der Waals surface area (Å²) >= 11 is 12.1. The van der Waals surface area contributed by atoms with E-state index in [9.17, 15) is 13.2 Å². The monoisotopic (exact) mass is 492 g/mol. The molecule has 0 bridgehead atoms. The molecular formula is C22H18Cl2N2O5S. The van der Waals surface area contributed by atoms with Gasteiger partial charge in [-0.3, -0.25) is 9.10 Å². The Hall–Kier alpha value is -2.94. The molecule has 1 aliphatic heterocycles. The van der Waals surface area contributed by atoms with E-state index in [1.165, 1.54) is 25.2 Å². The molecule has 0 atom stereocenters. The molecule has 0 unspecified atom stereocenters. The number of benzene rings is 3. The molecule has 0 fully saturated rings. The topological polar surface area (TPSA) is 84.9 Å². The van der Waals surface area contributed by atoms with E-state index < -0.39 is 15.9 Å². The standard InChI is InChI=1S/C22H18Cl2N2O5S/c1-26(17-6-3-15(23)4-7-17)32(28,29)21-12-14(2-8-18(21)24)22(27)25-16-5-9-19-20(13-16)31-11-10-30-19/h2-9,12-13H,10-11H2,1H3,(H,25,27). The second-order valence-corrected chi connectivity index (χ2v) is 9.69. The molecule has 1 amide bonds. The maximum Gasteiger partial charge on any atom is 0.265 e. The first-order valence-electron chi connectivity index (χ1n) is 9.51. The van der Waals surface area contributed by atoms with E-state index in [0.717, 1.165) is 4.31 Å². The molecule has 1 heterocycles. The summed E-state index contributed by atoms with van der Waals surface area (Å²) in [5, 5.41) is 3.22. The first-order chi connectivity index (χ1) is 15.3. The van der Waals surface area contributed by atoms with Gasteiger partial charge >= 0.3 is 0 Å². The van der Waals surface area contributed by atoms with Gasteiger partial charge in [0.15, 0.2) is 11.5 Å². The Balaban J connectivity index is 1.60. The second-order valence-electron chi connectivity index (χ2n) is 6.91. The van der Waals surface area contributed by atoms with Gasteiger partial charge in [-0.05, 0) is 54.6 Å². The van der Waals surface area contributed by atoms with Crippen LogP contribution in [-0.2, 0) is 10.0 Å². The largest absolute Gasteiger partial charge is 0.486 e. The van der Waals surface area contributed by atoms with Crippen LogP contribution in [0.1, 0.15) is 10.4 Å². The molecule has 0 aliphatic carbocycles. The Morgan fingerprint density at radius 1 is 0.938 bits per heavy atom. The minimum atomic E-state index is -4.03. The number of nitrogens with one attached hydrogen (secondary N) is 1. The van der Waals surface area contributed by atoms with Crippen molar-refractivity contribution < 1.29 is 22.7 Å². The zero-order chi connectivity index (χ0) is 22.9. The van der Waals surface area contributed by atoms with Crippen LogP contribution in [0.5, 0.6) is 11.5 Å². The van der Waals surface area contributed by atoms with Gasteiger partial charge in [0.1, 0.15) is 18.1 Å². The van der Waals surface area contributed by atoms with Crippen LogP contribution in [-0.4, -0.2) is 34.6 Å². The maximum absolute atomic E-state index is 13.2. The number of ether oxygens (including phenoxy) is 2. The Morgan fingerprint density at radius 2 is 1.62 bits per heavy atom. The van der Waals surface area contributed by atoms with E-state index in [0.29, 0.717) is 41.1 Å². The molecule has 7 nitrogen and oxygen atoms in total. The zero-order valence-electron chi connectivity index (χ0n) is 16.8. The predicted molar refractivity (Wildman–Crippen MR) is 124 cm³/mol. The molecule has 166 valence electrons. The summed E-state index contributed by atoms with van der Waals surface area (Å²) < 4.78 is 38.4. The van der Waals surface area contributed by atoms with E-state index in [1.807, 2.05) is 0 Å². The molecule has 3 aromatic carbocycles. The number of anilines is 2. The van der Waals surface area contributed by atoms with Crippen molar-refractivity contribution in [2.45, 2.75) is 4.90 Å². The Bertz CT molecular complexity index is 1280. The van der Waals surface area contributed by atoms with Crippen LogP contribution in [0.15, 0.2) is 65.6 Å². The lowest BCUT2D eigenvalue weighted by Crippen LogP contribution is -2.27. The first kappa shape index (κ1) is 22.3. The third kappa shape index (κ3) is 4.48. The summed E-state index contributed by atoms with van der Waals surface area (Å²) in [6.45, 7) is 0.884. The van der Waals surface area contributed by atoms with Gasteiger partial charge in [-0.15, -0.1) is 0 Å². The molecule has 32 heavy (non-hydrogen) atoms. The third-order valence-corrected chi connectivity index (χ3v) is 7.34. The Labute approximate surface area is 195 Å². The van der Waals surface area contributed by atoms with Gasteiger partial charge in [0, 0.05) is 29.4 Å². The lowest BCUT2D eigenvalue weighted by molar-refractivity contribution is 0.102. The van der Waals surface area contributed by atoms with Gasteiger partial charge in [0.25, 0.3) is 15.9 Å². The van der Waals surface area contributed by atoms with Crippen molar-refractivity contribution in [3.63, 3.8) is 0 Å². The van der Waals surface area contributed by atoms with Gasteiger partial charge in [-0.1, -0.05) is 23.2 Å². The highest BCUT2D eigenvalue weighted by atomic mass is 35.5. The van der Waals surface area contributed by atoms with E-state index in [-0.39, 0.29) is 15.5 Å². The number of halogens is 2. The van der Waals surface area contributed by atoms with Crippen molar-refractivity contribution >= 4 is 50.5 Å². The summed E-state index contributed by atoms with van der Waals surface area (Å²) in [4.78, 5) is 12.6. The van der Waals surface area contributed by atoms with Crippen LogP contribution in [0, 0.1) is 0 Å². The molecule has 0 radical (unpaired) electrons. The van der Waals surface area contributed by atoms with Crippen LogP contribution in [0.3, 0.4) is 0 Å². The summed E-state index contributed by atoms with van der Waals surface area (Å²) in [7, 11) is -2.64. The number of hydrogen-bond donors (Lipinski definition) is 1. The molecule has 1 N–H and O–H groups in total. The van der Waals surface area contributed by atoms with Crippen LogP contribution in [0.4, 0.5) is 11.4 Å². The first-order valence-corrected chi connectivity index (χ1v) is 11.7. The average molecular weight is 493 g/mol. The minimum absolute atomic E-state index is 0.00157. The minimum Gasteiger partial charge on any atom is -0.486 e. The lowest BCUT2D eigenvalue weighted by Gasteiger charge is -2.21. The van der Waals surface area contributed by atoms with Crippen molar-refractivity contribution in [1.82, 2.24) is 0 Å². The molecule has 3 aromatic rings. The molecular weight excluding hydrogens is 475 g/mol. The van der Waals surface area contributed by atoms with Gasteiger partial charge in [0.05, 0.1) is 10.7 Å². The molecule has 0 saturated carbocycles. The van der Waals surface area contributed by atoms with Crippen molar-refractivity contribution in [2.75, 3.05) is 29.9 Å². The van der Waals surface area contributed by atoms with Gasteiger partial charge in [-0.2, -0.15) is 0 Å². The number of carbonyl (C=O) groups excluding carboxylic acids is 1. The second kappa shape index (κ2) is 8.90. The van der Waals surface area contributed by atoms with Gasteiger partial charge < -0.3 is 14.8 Å². The van der Waals surface area contributed by atoms with Crippen molar-refractivity contribution in [3.05, 3.63) is 76.3 Å². The number of hydrogen-bond acceptors (Lipinski definition) is 5. The van der Waals surface area contributed by atoms with Crippen molar-refractivity contribution in [3.8, 4) is 11.5 Å². The number of amides is 1. The van der Waals surface area contributed by atoms with E-state index >= 15 is 0 Å². The summed E-state index contributed by atoms with van der Waals surface area (Å²) in [6.07, 6.45) is 0. The number of carbonyl (C=O) groups is 1. The van der Waals surface area contributed by atoms with Crippen molar-refractivity contribution in [1.29, 1.82) is 0 Å². The molecule has 10 heteroatoms. The fraction of sp³-hybridized carbons (Fsp3) is 0.136. The molecule has 1 aliphatic rings. The Morgan fingerprint density at radius 3 is 2.34 bits per heavy atom. The zero-order valence-corrected chi connectivity index (χ0v) is 19.2. The predicted octanol–water partition coefficient (Wildman–Crippen LogP) is 4.84. The highest BCUT2D eigenvalue weighted by molar-refractivity contribution is 7.93. The van der Waals surface area contributed by atoms with E-state index in [4.69, 9.17) is 32.7 Å². The number of sulfonamides is 1. The van der Waals surface area contributed by atoms with Gasteiger partial charge in [-0.25, -0.2) is 8.42 Å². The lowest BCUT2D eigenvalue weighted by atomic mass is 10.2. The van der Waals surface area contributed by atoms with E-state index in [2.05, 4.69) is 5.32 Å². The molecule has 0 aromatic heterocycles. The molecule has 4 rings (SSSR count). The smallest absolute Gasteiger partial charge is 0.265 e. The highest BCUT2D eigenvalue weighted by Gasteiger charge is 2.25. The number of nitrogens with zero attached hydrogens (tertiary/aromatic N) is 1. The van der Waals surface area contributed by atoms with Crippen LogP contribution < -0.4 is 19.1 Å². The molecule has 0 spiro atoms. The summed E-state index contributed by atoms with van der Waals surface area (Å²) in [6, 6.07) is 15.4. The quantitative estimate of drug-likeness (QED) is 0.550. The number of rotatable bonds is 5. The van der Waals surface area contributed by atoms with Crippen LogP contribution in [0.25, 0.3) is 0 Å². The normalized spacial score (nSPS) is 12.8. The van der Waals surface area contributed by atoms with Crippen LogP contribution >= 0.6 is 23.2 Å². The summed E-state index contributed by atoms with van der Waals surface area (Å²) in [5.74, 6) is 0.626. The van der Waals surface area contributed by atoms with E-state index in [1.54, 1.807) is 42.5 Å².